The number of carbonyl (C=O) groups is 1. The Morgan fingerprint density at radius 1 is 1.40 bits per heavy atom. The minimum absolute atomic E-state index is 0.381. The first kappa shape index (κ1) is 9.65. The van der Waals surface area contributed by atoms with E-state index in [0.29, 0.717) is 11.4 Å². The highest BCUT2D eigenvalue weighted by molar-refractivity contribution is 5.89. The Labute approximate surface area is 87.7 Å². The van der Waals surface area contributed by atoms with Crippen LogP contribution in [0.5, 0.6) is 5.88 Å². The third-order valence-electron chi connectivity index (χ3n) is 2.36. The van der Waals surface area contributed by atoms with Gasteiger partial charge in [0.05, 0.1) is 18.2 Å². The van der Waals surface area contributed by atoms with Gasteiger partial charge in [-0.1, -0.05) is 18.2 Å². The Morgan fingerprint density at radius 2 is 2.20 bits per heavy atom. The number of ether oxygens (including phenoxy) is 1. The van der Waals surface area contributed by atoms with Gasteiger partial charge in [0.25, 0.3) is 0 Å². The molecule has 0 fully saturated rings. The van der Waals surface area contributed by atoms with Crippen LogP contribution in [0.1, 0.15) is 15.9 Å². The first-order chi connectivity index (χ1) is 7.26. The lowest BCUT2D eigenvalue weighted by Gasteiger charge is -2.06. The zero-order valence-electron chi connectivity index (χ0n) is 8.65. The monoisotopic (exact) mass is 201 g/mol. The maximum atomic E-state index is 10.8. The second kappa shape index (κ2) is 3.69. The van der Waals surface area contributed by atoms with Crippen molar-refractivity contribution in [2.24, 2.45) is 0 Å². The average Bonchev–Trinajstić information content (AvgIpc) is 2.28. The van der Waals surface area contributed by atoms with Crippen molar-refractivity contribution in [3.8, 4) is 5.88 Å². The van der Waals surface area contributed by atoms with E-state index in [4.69, 9.17) is 4.74 Å². The number of aryl methyl sites for hydroxylation is 1. The molecule has 0 unspecified atom stereocenters. The third kappa shape index (κ3) is 1.56. The molecular formula is C12H11NO2. The molecule has 0 radical (unpaired) electrons. The minimum Gasteiger partial charge on any atom is -0.480 e. The van der Waals surface area contributed by atoms with Crippen LogP contribution in [0.3, 0.4) is 0 Å². The summed E-state index contributed by atoms with van der Waals surface area (Å²) in [5.41, 5.74) is 2.43. The smallest absolute Gasteiger partial charge is 0.224 e. The summed E-state index contributed by atoms with van der Waals surface area (Å²) in [7, 11) is 1.51. The highest BCUT2D eigenvalue weighted by atomic mass is 16.5. The van der Waals surface area contributed by atoms with Gasteiger partial charge in [-0.3, -0.25) is 4.79 Å². The summed E-state index contributed by atoms with van der Waals surface area (Å²) >= 11 is 0. The molecule has 0 aliphatic carbocycles. The van der Waals surface area contributed by atoms with Crippen molar-refractivity contribution in [1.82, 2.24) is 4.98 Å². The van der Waals surface area contributed by atoms with Crippen molar-refractivity contribution in [2.45, 2.75) is 6.92 Å². The Morgan fingerprint density at radius 3 is 2.87 bits per heavy atom. The quantitative estimate of drug-likeness (QED) is 0.700. The summed E-state index contributed by atoms with van der Waals surface area (Å²) in [6.07, 6.45) is 0.758. The average molecular weight is 201 g/mol. The van der Waals surface area contributed by atoms with Gasteiger partial charge in [0.15, 0.2) is 6.29 Å². The fourth-order valence-electron chi connectivity index (χ4n) is 1.59. The molecule has 3 nitrogen and oxygen atoms in total. The number of aromatic nitrogens is 1. The first-order valence-electron chi connectivity index (χ1n) is 4.66. The number of hydrogen-bond donors (Lipinski definition) is 0. The second-order valence-corrected chi connectivity index (χ2v) is 3.35. The van der Waals surface area contributed by atoms with Crippen LogP contribution in [-0.4, -0.2) is 18.4 Å². The van der Waals surface area contributed by atoms with E-state index < -0.39 is 0 Å². The predicted molar refractivity (Wildman–Crippen MR) is 58.4 cm³/mol. The standard InChI is InChI=1S/C12H11NO2/c1-8-4-3-5-9-6-10(7-14)12(15-2)13-11(8)9/h3-7H,1-2H3. The van der Waals surface area contributed by atoms with E-state index in [2.05, 4.69) is 4.98 Å². The molecule has 0 N–H and O–H groups in total. The van der Waals surface area contributed by atoms with Gasteiger partial charge in [0.1, 0.15) is 0 Å². The van der Waals surface area contributed by atoms with Crippen LogP contribution in [0.4, 0.5) is 0 Å². The van der Waals surface area contributed by atoms with E-state index in [9.17, 15) is 4.79 Å². The molecule has 15 heavy (non-hydrogen) atoms. The largest absolute Gasteiger partial charge is 0.480 e. The van der Waals surface area contributed by atoms with Gasteiger partial charge in [-0.2, -0.15) is 0 Å². The zero-order valence-corrected chi connectivity index (χ0v) is 8.65. The van der Waals surface area contributed by atoms with Gasteiger partial charge in [-0.15, -0.1) is 0 Å². The van der Waals surface area contributed by atoms with Gasteiger partial charge in [-0.25, -0.2) is 4.98 Å². The number of carbonyl (C=O) groups excluding carboxylic acids is 1. The molecule has 0 saturated heterocycles. The van der Waals surface area contributed by atoms with Crippen LogP contribution in [-0.2, 0) is 0 Å². The number of pyridine rings is 1. The maximum Gasteiger partial charge on any atom is 0.224 e. The van der Waals surface area contributed by atoms with Crippen LogP contribution in [0.2, 0.25) is 0 Å². The Bertz CT molecular complexity index is 520. The van der Waals surface area contributed by atoms with Crippen molar-refractivity contribution in [3.05, 3.63) is 35.4 Å². The summed E-state index contributed by atoms with van der Waals surface area (Å²) < 4.78 is 5.06. The van der Waals surface area contributed by atoms with Gasteiger partial charge in [0.2, 0.25) is 5.88 Å². The lowest BCUT2D eigenvalue weighted by atomic mass is 10.1. The van der Waals surface area contributed by atoms with Gasteiger partial charge < -0.3 is 4.74 Å². The summed E-state index contributed by atoms with van der Waals surface area (Å²) in [5.74, 6) is 0.381. The molecular weight excluding hydrogens is 190 g/mol. The number of rotatable bonds is 2. The zero-order chi connectivity index (χ0) is 10.8. The Kier molecular flexibility index (Phi) is 2.37. The van der Waals surface area contributed by atoms with Gasteiger partial charge in [0, 0.05) is 5.39 Å². The molecule has 0 aliphatic rings. The fourth-order valence-corrected chi connectivity index (χ4v) is 1.59. The van der Waals surface area contributed by atoms with Crippen molar-refractivity contribution >= 4 is 17.2 Å². The molecule has 2 rings (SSSR count). The number of nitrogens with zero attached hydrogens (tertiary/aromatic N) is 1. The summed E-state index contributed by atoms with van der Waals surface area (Å²) in [6, 6.07) is 7.65. The Hall–Kier alpha value is -1.90. The molecule has 0 saturated carbocycles. The van der Waals surface area contributed by atoms with Crippen LogP contribution in [0.25, 0.3) is 10.9 Å². The lowest BCUT2D eigenvalue weighted by Crippen LogP contribution is -1.95. The number of para-hydroxylation sites is 1. The van der Waals surface area contributed by atoms with Crippen molar-refractivity contribution in [1.29, 1.82) is 0 Å². The second-order valence-electron chi connectivity index (χ2n) is 3.35. The molecule has 0 atom stereocenters. The van der Waals surface area contributed by atoms with Crippen LogP contribution < -0.4 is 4.74 Å². The van der Waals surface area contributed by atoms with E-state index in [1.165, 1.54) is 7.11 Å². The van der Waals surface area contributed by atoms with E-state index in [1.807, 2.05) is 25.1 Å². The molecule has 2 aromatic rings. The fraction of sp³-hybridized carbons (Fsp3) is 0.167. The topological polar surface area (TPSA) is 39.2 Å². The number of hydrogen-bond acceptors (Lipinski definition) is 3. The van der Waals surface area contributed by atoms with E-state index >= 15 is 0 Å². The molecule has 0 spiro atoms. The van der Waals surface area contributed by atoms with Crippen molar-refractivity contribution < 1.29 is 9.53 Å². The van der Waals surface area contributed by atoms with Crippen molar-refractivity contribution in [3.63, 3.8) is 0 Å². The molecule has 0 aliphatic heterocycles. The molecule has 0 amide bonds. The normalized spacial score (nSPS) is 10.3. The predicted octanol–water partition coefficient (Wildman–Crippen LogP) is 2.36. The summed E-state index contributed by atoms with van der Waals surface area (Å²) in [4.78, 5) is 15.1. The van der Waals surface area contributed by atoms with E-state index in [0.717, 1.165) is 22.8 Å². The number of fused-ring (bicyclic) bond motifs is 1. The van der Waals surface area contributed by atoms with Gasteiger partial charge in [-0.05, 0) is 18.6 Å². The SMILES string of the molecule is COc1nc2c(C)cccc2cc1C=O. The number of methoxy groups -OCH3 is 1. The number of benzene rings is 1. The molecule has 3 heteroatoms. The van der Waals surface area contributed by atoms with E-state index in [-0.39, 0.29) is 0 Å². The highest BCUT2D eigenvalue weighted by Crippen LogP contribution is 2.22. The lowest BCUT2D eigenvalue weighted by molar-refractivity contribution is 0.112. The molecule has 1 heterocycles. The molecule has 76 valence electrons. The molecule has 0 bridgehead atoms. The molecule has 1 aromatic carbocycles. The van der Waals surface area contributed by atoms with E-state index in [1.54, 1.807) is 6.07 Å². The molecule has 1 aromatic heterocycles. The van der Waals surface area contributed by atoms with Gasteiger partial charge >= 0.3 is 0 Å². The Balaban J connectivity index is 2.81. The third-order valence-corrected chi connectivity index (χ3v) is 2.36. The summed E-state index contributed by atoms with van der Waals surface area (Å²) in [5, 5.41) is 0.956. The number of aldehydes is 1. The van der Waals surface area contributed by atoms with Crippen molar-refractivity contribution in [2.75, 3.05) is 7.11 Å². The van der Waals surface area contributed by atoms with Crippen LogP contribution in [0.15, 0.2) is 24.3 Å². The first-order valence-corrected chi connectivity index (χ1v) is 4.66. The van der Waals surface area contributed by atoms with Crippen LogP contribution in [0, 0.1) is 6.92 Å². The summed E-state index contributed by atoms with van der Waals surface area (Å²) in [6.45, 7) is 1.98. The van der Waals surface area contributed by atoms with Crippen LogP contribution >= 0.6 is 0 Å². The minimum atomic E-state index is 0.381. The highest BCUT2D eigenvalue weighted by Gasteiger charge is 2.07. The maximum absolute atomic E-state index is 10.8.